The maximum atomic E-state index is 12.6. The lowest BCUT2D eigenvalue weighted by atomic mass is 10.00. The Balaban J connectivity index is 4.22. The first kappa shape index (κ1) is 50.4. The molecule has 0 saturated carbocycles. The van der Waals surface area contributed by atoms with Crippen molar-refractivity contribution in [3.8, 4) is 0 Å². The van der Waals surface area contributed by atoms with Crippen molar-refractivity contribution < 1.29 is 28.6 Å². The summed E-state index contributed by atoms with van der Waals surface area (Å²) in [6.45, 7) is 11.3. The fraction of sp³-hybridized carbons (Fsp3) is 0.935. The van der Waals surface area contributed by atoms with Crippen molar-refractivity contribution in [2.75, 3.05) is 13.2 Å². The van der Waals surface area contributed by atoms with Crippen LogP contribution in [0.15, 0.2) is 0 Å². The molecule has 1 unspecified atom stereocenters. The third-order valence-electron chi connectivity index (χ3n) is 10.6. The van der Waals surface area contributed by atoms with Crippen molar-refractivity contribution in [2.24, 2.45) is 11.8 Å². The standard InChI is InChI=1S/C46H88O6/c1-6-8-9-10-19-26-31-36-44(47)50-39-43(52-46(49)38-33-28-23-22-25-30-35-42(5)7-2)40-51-45(48)37-32-27-21-18-16-14-12-11-13-15-17-20-24-29-34-41(3)4/h41-43H,6-40H2,1-5H3/t42?,43-/m0/s1. The van der Waals surface area contributed by atoms with Gasteiger partial charge in [0, 0.05) is 19.3 Å². The van der Waals surface area contributed by atoms with Crippen LogP contribution in [0.5, 0.6) is 0 Å². The van der Waals surface area contributed by atoms with Crippen LogP contribution in [0, 0.1) is 11.8 Å². The molecule has 52 heavy (non-hydrogen) atoms. The molecule has 308 valence electrons. The first-order valence-corrected chi connectivity index (χ1v) is 22.8. The second kappa shape index (κ2) is 39.1. The van der Waals surface area contributed by atoms with Crippen molar-refractivity contribution in [3.63, 3.8) is 0 Å². The van der Waals surface area contributed by atoms with Gasteiger partial charge in [-0.3, -0.25) is 14.4 Å². The van der Waals surface area contributed by atoms with E-state index in [1.807, 2.05) is 0 Å². The predicted octanol–water partition coefficient (Wildman–Crippen LogP) is 14.2. The lowest BCUT2D eigenvalue weighted by Gasteiger charge is -2.18. The number of rotatable bonds is 40. The highest BCUT2D eigenvalue weighted by Gasteiger charge is 2.19. The van der Waals surface area contributed by atoms with Crippen LogP contribution in [0.1, 0.15) is 247 Å². The lowest BCUT2D eigenvalue weighted by Crippen LogP contribution is -2.30. The summed E-state index contributed by atoms with van der Waals surface area (Å²) in [6.07, 6.45) is 36.7. The highest BCUT2D eigenvalue weighted by molar-refractivity contribution is 5.71. The van der Waals surface area contributed by atoms with Crippen LogP contribution in [0.2, 0.25) is 0 Å². The fourth-order valence-electron chi connectivity index (χ4n) is 6.72. The number of unbranched alkanes of at least 4 members (excludes halogenated alkanes) is 24. The smallest absolute Gasteiger partial charge is 0.306 e. The molecule has 6 nitrogen and oxygen atoms in total. The Morgan fingerprint density at radius 2 is 0.731 bits per heavy atom. The zero-order valence-corrected chi connectivity index (χ0v) is 35.4. The van der Waals surface area contributed by atoms with Crippen molar-refractivity contribution >= 4 is 17.9 Å². The lowest BCUT2D eigenvalue weighted by molar-refractivity contribution is -0.167. The second-order valence-electron chi connectivity index (χ2n) is 16.4. The molecule has 0 heterocycles. The molecule has 0 aromatic carbocycles. The van der Waals surface area contributed by atoms with Gasteiger partial charge in [0.05, 0.1) is 0 Å². The molecule has 0 aromatic heterocycles. The van der Waals surface area contributed by atoms with E-state index in [0.717, 1.165) is 69.6 Å². The van der Waals surface area contributed by atoms with Gasteiger partial charge in [-0.15, -0.1) is 0 Å². The topological polar surface area (TPSA) is 78.9 Å². The van der Waals surface area contributed by atoms with Gasteiger partial charge in [-0.05, 0) is 31.1 Å². The van der Waals surface area contributed by atoms with Crippen LogP contribution >= 0.6 is 0 Å². The highest BCUT2D eigenvalue weighted by atomic mass is 16.6. The first-order chi connectivity index (χ1) is 25.3. The largest absolute Gasteiger partial charge is 0.462 e. The van der Waals surface area contributed by atoms with Gasteiger partial charge in [0.2, 0.25) is 0 Å². The van der Waals surface area contributed by atoms with E-state index in [-0.39, 0.29) is 31.1 Å². The number of esters is 3. The van der Waals surface area contributed by atoms with E-state index in [9.17, 15) is 14.4 Å². The summed E-state index contributed by atoms with van der Waals surface area (Å²) in [4.78, 5) is 37.5. The third kappa shape index (κ3) is 38.1. The zero-order chi connectivity index (χ0) is 38.3. The van der Waals surface area contributed by atoms with Crippen LogP contribution < -0.4 is 0 Å². The molecule has 0 amide bonds. The molecule has 0 saturated heterocycles. The molecule has 0 radical (unpaired) electrons. The Kier molecular flexibility index (Phi) is 37.9. The van der Waals surface area contributed by atoms with Gasteiger partial charge in [0.1, 0.15) is 13.2 Å². The fourth-order valence-corrected chi connectivity index (χ4v) is 6.72. The van der Waals surface area contributed by atoms with Gasteiger partial charge in [0.15, 0.2) is 6.10 Å². The predicted molar refractivity (Wildman–Crippen MR) is 220 cm³/mol. The van der Waals surface area contributed by atoms with Crippen molar-refractivity contribution in [1.82, 2.24) is 0 Å². The molecule has 2 atom stereocenters. The average molecular weight is 737 g/mol. The van der Waals surface area contributed by atoms with Gasteiger partial charge in [-0.1, -0.05) is 208 Å². The van der Waals surface area contributed by atoms with Crippen LogP contribution in [0.3, 0.4) is 0 Å². The molecular formula is C46H88O6. The number of hydrogen-bond donors (Lipinski definition) is 0. The summed E-state index contributed by atoms with van der Waals surface area (Å²) in [5, 5.41) is 0. The summed E-state index contributed by atoms with van der Waals surface area (Å²) in [6, 6.07) is 0. The van der Waals surface area contributed by atoms with Gasteiger partial charge in [-0.2, -0.15) is 0 Å². The molecule has 0 aromatic rings. The summed E-state index contributed by atoms with van der Waals surface area (Å²) < 4.78 is 16.6. The maximum absolute atomic E-state index is 12.6. The summed E-state index contributed by atoms with van der Waals surface area (Å²) in [5.74, 6) is 0.788. The Morgan fingerprint density at radius 3 is 1.10 bits per heavy atom. The number of carbonyl (C=O) groups excluding carboxylic acids is 3. The van der Waals surface area contributed by atoms with Gasteiger partial charge in [-0.25, -0.2) is 0 Å². The second-order valence-corrected chi connectivity index (χ2v) is 16.4. The SMILES string of the molecule is CCCCCCCCCC(=O)OC[C@@H](COC(=O)CCCCCCCCCCCCCCCCC(C)C)OC(=O)CCCCCCCCC(C)CC. The maximum Gasteiger partial charge on any atom is 0.306 e. The summed E-state index contributed by atoms with van der Waals surface area (Å²) in [7, 11) is 0. The van der Waals surface area contributed by atoms with E-state index in [4.69, 9.17) is 14.2 Å². The van der Waals surface area contributed by atoms with Crippen LogP contribution in [0.4, 0.5) is 0 Å². The Bertz CT molecular complexity index is 796. The minimum Gasteiger partial charge on any atom is -0.462 e. The Morgan fingerprint density at radius 1 is 0.404 bits per heavy atom. The van der Waals surface area contributed by atoms with Gasteiger partial charge in [0.25, 0.3) is 0 Å². The molecule has 0 aliphatic rings. The van der Waals surface area contributed by atoms with Crippen molar-refractivity contribution in [1.29, 1.82) is 0 Å². The monoisotopic (exact) mass is 737 g/mol. The van der Waals surface area contributed by atoms with Crippen molar-refractivity contribution in [2.45, 2.75) is 253 Å². The summed E-state index contributed by atoms with van der Waals surface area (Å²) >= 11 is 0. The number of ether oxygens (including phenoxy) is 3. The van der Waals surface area contributed by atoms with Crippen LogP contribution in [-0.2, 0) is 28.6 Å². The zero-order valence-electron chi connectivity index (χ0n) is 35.4. The Hall–Kier alpha value is -1.59. The first-order valence-electron chi connectivity index (χ1n) is 22.8. The molecular weight excluding hydrogens is 649 g/mol. The number of hydrogen-bond acceptors (Lipinski definition) is 6. The van der Waals surface area contributed by atoms with E-state index in [0.29, 0.717) is 19.3 Å². The molecule has 0 rings (SSSR count). The molecule has 0 spiro atoms. The number of carbonyl (C=O) groups is 3. The van der Waals surface area contributed by atoms with E-state index < -0.39 is 6.10 Å². The average Bonchev–Trinajstić information content (AvgIpc) is 3.12. The molecule has 0 bridgehead atoms. The summed E-state index contributed by atoms with van der Waals surface area (Å²) in [5.41, 5.74) is 0. The van der Waals surface area contributed by atoms with E-state index >= 15 is 0 Å². The van der Waals surface area contributed by atoms with E-state index in [1.165, 1.54) is 135 Å². The quantitative estimate of drug-likeness (QED) is 0.0354. The minimum absolute atomic E-state index is 0.0659. The Labute approximate surface area is 323 Å². The molecule has 6 heteroatoms. The van der Waals surface area contributed by atoms with Crippen LogP contribution in [0.25, 0.3) is 0 Å². The third-order valence-corrected chi connectivity index (χ3v) is 10.6. The van der Waals surface area contributed by atoms with E-state index in [1.54, 1.807) is 0 Å². The molecule has 0 N–H and O–H groups in total. The molecule has 0 aliphatic heterocycles. The van der Waals surface area contributed by atoms with Crippen LogP contribution in [-0.4, -0.2) is 37.2 Å². The van der Waals surface area contributed by atoms with Crippen molar-refractivity contribution in [3.05, 3.63) is 0 Å². The van der Waals surface area contributed by atoms with Gasteiger partial charge < -0.3 is 14.2 Å². The van der Waals surface area contributed by atoms with E-state index in [2.05, 4.69) is 34.6 Å². The minimum atomic E-state index is -0.760. The van der Waals surface area contributed by atoms with Gasteiger partial charge >= 0.3 is 17.9 Å². The molecule has 0 fully saturated rings. The molecule has 0 aliphatic carbocycles. The highest BCUT2D eigenvalue weighted by Crippen LogP contribution is 2.17. The normalized spacial score (nSPS) is 12.6.